The molecule has 0 aromatic rings. The SMILES string of the molecule is CNC(C)(C#N)CC(C)N1CC(C)N(C)C(C)C1. The van der Waals surface area contributed by atoms with Crippen molar-refractivity contribution in [2.45, 2.75) is 57.8 Å². The van der Waals surface area contributed by atoms with E-state index in [2.05, 4.69) is 49.0 Å². The zero-order valence-electron chi connectivity index (χ0n) is 12.7. The van der Waals surface area contributed by atoms with Crippen LogP contribution in [0.15, 0.2) is 0 Å². The Labute approximate surface area is 112 Å². The van der Waals surface area contributed by atoms with Crippen LogP contribution >= 0.6 is 0 Å². The van der Waals surface area contributed by atoms with Gasteiger partial charge in [-0.2, -0.15) is 5.26 Å². The standard InChI is InChI=1S/C14H28N4/c1-11(7-14(4,10-15)16-5)18-8-12(2)17(6)13(3)9-18/h11-13,16H,7-9H2,1-6H3. The number of nitrogens with zero attached hydrogens (tertiary/aromatic N) is 3. The maximum atomic E-state index is 9.24. The zero-order valence-corrected chi connectivity index (χ0v) is 12.7. The Hall–Kier alpha value is -0.630. The van der Waals surface area contributed by atoms with Crippen LogP contribution in [-0.4, -0.2) is 60.6 Å². The predicted molar refractivity (Wildman–Crippen MR) is 75.4 cm³/mol. The fraction of sp³-hybridized carbons (Fsp3) is 0.929. The number of piperazine rings is 1. The van der Waals surface area contributed by atoms with E-state index >= 15 is 0 Å². The van der Waals surface area contributed by atoms with Gasteiger partial charge in [0.05, 0.1) is 6.07 Å². The predicted octanol–water partition coefficient (Wildman–Crippen LogP) is 1.29. The van der Waals surface area contributed by atoms with E-state index in [1.807, 2.05) is 14.0 Å². The van der Waals surface area contributed by atoms with Gasteiger partial charge in [-0.25, -0.2) is 0 Å². The molecule has 4 nitrogen and oxygen atoms in total. The summed E-state index contributed by atoms with van der Waals surface area (Å²) in [6.07, 6.45) is 0.864. The summed E-state index contributed by atoms with van der Waals surface area (Å²) >= 11 is 0. The third-order valence-corrected chi connectivity index (χ3v) is 4.51. The lowest BCUT2D eigenvalue weighted by molar-refractivity contribution is 0.0316. The van der Waals surface area contributed by atoms with Gasteiger partial charge >= 0.3 is 0 Å². The minimum Gasteiger partial charge on any atom is -0.303 e. The number of nitriles is 1. The van der Waals surface area contributed by atoms with Gasteiger partial charge in [0.1, 0.15) is 5.54 Å². The Kier molecular flexibility index (Phi) is 5.15. The third kappa shape index (κ3) is 3.44. The Morgan fingerprint density at radius 3 is 2.28 bits per heavy atom. The Bertz CT molecular complexity index is 299. The topological polar surface area (TPSA) is 42.3 Å². The first-order valence-corrected chi connectivity index (χ1v) is 6.89. The van der Waals surface area contributed by atoms with E-state index in [0.29, 0.717) is 18.1 Å². The number of nitrogens with one attached hydrogen (secondary N) is 1. The minimum atomic E-state index is -0.421. The Morgan fingerprint density at radius 2 is 1.89 bits per heavy atom. The van der Waals surface area contributed by atoms with Crippen molar-refractivity contribution in [3.8, 4) is 6.07 Å². The van der Waals surface area contributed by atoms with Crippen molar-refractivity contribution in [2.75, 3.05) is 27.2 Å². The highest BCUT2D eigenvalue weighted by Gasteiger charge is 2.32. The molecule has 1 N–H and O–H groups in total. The molecule has 0 spiro atoms. The molecule has 1 fully saturated rings. The van der Waals surface area contributed by atoms with Crippen molar-refractivity contribution in [3.63, 3.8) is 0 Å². The smallest absolute Gasteiger partial charge is 0.105 e. The summed E-state index contributed by atoms with van der Waals surface area (Å²) in [4.78, 5) is 4.95. The van der Waals surface area contributed by atoms with Crippen LogP contribution in [0, 0.1) is 11.3 Å². The van der Waals surface area contributed by atoms with Gasteiger partial charge in [-0.1, -0.05) is 0 Å². The molecular weight excluding hydrogens is 224 g/mol. The molecule has 104 valence electrons. The summed E-state index contributed by atoms with van der Waals surface area (Å²) in [5, 5.41) is 12.4. The normalized spacial score (nSPS) is 31.6. The molecule has 0 saturated carbocycles. The van der Waals surface area contributed by atoms with E-state index in [1.54, 1.807) is 0 Å². The fourth-order valence-electron chi connectivity index (χ4n) is 2.73. The van der Waals surface area contributed by atoms with E-state index in [9.17, 15) is 5.26 Å². The largest absolute Gasteiger partial charge is 0.303 e. The maximum Gasteiger partial charge on any atom is 0.105 e. The minimum absolute atomic E-state index is 0.421. The molecule has 1 heterocycles. The summed E-state index contributed by atoms with van der Waals surface area (Å²) in [7, 11) is 4.06. The summed E-state index contributed by atoms with van der Waals surface area (Å²) < 4.78 is 0. The Balaban J connectivity index is 2.63. The lowest BCUT2D eigenvalue weighted by atomic mass is 9.93. The summed E-state index contributed by atoms with van der Waals surface area (Å²) in [6.45, 7) is 10.9. The van der Waals surface area contributed by atoms with Crippen molar-refractivity contribution in [2.24, 2.45) is 0 Å². The highest BCUT2D eigenvalue weighted by Crippen LogP contribution is 2.20. The molecule has 0 amide bonds. The summed E-state index contributed by atoms with van der Waals surface area (Å²) in [5.41, 5.74) is -0.421. The van der Waals surface area contributed by atoms with Crippen LogP contribution in [0.3, 0.4) is 0 Å². The molecule has 0 aromatic heterocycles. The van der Waals surface area contributed by atoms with Crippen LogP contribution in [0.1, 0.15) is 34.1 Å². The van der Waals surface area contributed by atoms with E-state index in [1.165, 1.54) is 0 Å². The number of likely N-dealkylation sites (N-methyl/N-ethyl adjacent to an activating group) is 1. The molecule has 4 atom stereocenters. The van der Waals surface area contributed by atoms with Crippen molar-refractivity contribution < 1.29 is 0 Å². The fourth-order valence-corrected chi connectivity index (χ4v) is 2.73. The molecular formula is C14H28N4. The van der Waals surface area contributed by atoms with Crippen molar-refractivity contribution in [1.82, 2.24) is 15.1 Å². The molecule has 1 saturated heterocycles. The van der Waals surface area contributed by atoms with Gasteiger partial charge in [0.25, 0.3) is 0 Å². The number of rotatable bonds is 4. The van der Waals surface area contributed by atoms with Gasteiger partial charge < -0.3 is 5.32 Å². The maximum absolute atomic E-state index is 9.24. The van der Waals surface area contributed by atoms with Gasteiger partial charge in [-0.15, -0.1) is 0 Å². The summed E-state index contributed by atoms with van der Waals surface area (Å²) in [5.74, 6) is 0. The molecule has 4 unspecified atom stereocenters. The second-order valence-electron chi connectivity index (χ2n) is 6.06. The van der Waals surface area contributed by atoms with Crippen LogP contribution in [0.2, 0.25) is 0 Å². The molecule has 0 aliphatic carbocycles. The second kappa shape index (κ2) is 6.01. The molecule has 1 rings (SSSR count). The molecule has 1 aliphatic rings. The van der Waals surface area contributed by atoms with Crippen molar-refractivity contribution >= 4 is 0 Å². The van der Waals surface area contributed by atoms with Crippen LogP contribution in [0.4, 0.5) is 0 Å². The zero-order chi connectivity index (χ0) is 13.9. The first-order valence-electron chi connectivity index (χ1n) is 6.89. The van der Waals surface area contributed by atoms with Gasteiger partial charge in [0.2, 0.25) is 0 Å². The van der Waals surface area contributed by atoms with E-state index in [0.717, 1.165) is 19.5 Å². The van der Waals surface area contributed by atoms with Crippen LogP contribution in [-0.2, 0) is 0 Å². The number of hydrogen-bond acceptors (Lipinski definition) is 4. The first kappa shape index (κ1) is 15.4. The van der Waals surface area contributed by atoms with Gasteiger partial charge in [0, 0.05) is 31.2 Å². The monoisotopic (exact) mass is 252 g/mol. The molecule has 18 heavy (non-hydrogen) atoms. The highest BCUT2D eigenvalue weighted by atomic mass is 15.3. The van der Waals surface area contributed by atoms with Crippen molar-refractivity contribution in [3.05, 3.63) is 0 Å². The summed E-state index contributed by atoms with van der Waals surface area (Å²) in [6, 6.07) is 3.98. The first-order chi connectivity index (χ1) is 8.33. The Morgan fingerprint density at radius 1 is 1.39 bits per heavy atom. The average molecular weight is 252 g/mol. The molecule has 0 radical (unpaired) electrons. The molecule has 0 bridgehead atoms. The lowest BCUT2D eigenvalue weighted by Gasteiger charge is -2.45. The quantitative estimate of drug-likeness (QED) is 0.819. The van der Waals surface area contributed by atoms with Crippen LogP contribution in [0.5, 0.6) is 0 Å². The van der Waals surface area contributed by atoms with Gasteiger partial charge in [-0.05, 0) is 48.2 Å². The van der Waals surface area contributed by atoms with Crippen molar-refractivity contribution in [1.29, 1.82) is 5.26 Å². The molecule has 1 aliphatic heterocycles. The average Bonchev–Trinajstić information content (AvgIpc) is 2.35. The van der Waals surface area contributed by atoms with E-state index in [-0.39, 0.29) is 0 Å². The highest BCUT2D eigenvalue weighted by molar-refractivity contribution is 5.05. The van der Waals surface area contributed by atoms with E-state index < -0.39 is 5.54 Å². The third-order valence-electron chi connectivity index (χ3n) is 4.51. The number of hydrogen-bond donors (Lipinski definition) is 1. The molecule has 0 aromatic carbocycles. The van der Waals surface area contributed by atoms with Gasteiger partial charge in [0.15, 0.2) is 0 Å². The molecule has 4 heteroatoms. The van der Waals surface area contributed by atoms with Crippen LogP contribution in [0.25, 0.3) is 0 Å². The van der Waals surface area contributed by atoms with Crippen LogP contribution < -0.4 is 5.32 Å². The van der Waals surface area contributed by atoms with Gasteiger partial charge in [-0.3, -0.25) is 9.80 Å². The second-order valence-corrected chi connectivity index (χ2v) is 6.06. The lowest BCUT2D eigenvalue weighted by Crippen LogP contribution is -2.58. The van der Waals surface area contributed by atoms with E-state index in [4.69, 9.17) is 0 Å².